The number of carboxylic acid groups (broad SMARTS) is 3. The van der Waals surface area contributed by atoms with Crippen molar-refractivity contribution in [1.29, 1.82) is 0 Å². The molecule has 0 bridgehead atoms. The zero-order valence-corrected chi connectivity index (χ0v) is 35.4. The van der Waals surface area contributed by atoms with Gasteiger partial charge in [0.25, 0.3) is 0 Å². The van der Waals surface area contributed by atoms with Gasteiger partial charge in [-0.1, -0.05) is 29.8 Å². The van der Waals surface area contributed by atoms with E-state index in [2.05, 4.69) is 0 Å². The maximum absolute atomic E-state index is 12.8. The molecule has 4 unspecified atom stereocenters. The first-order chi connectivity index (χ1) is 24.5. The second-order valence-corrected chi connectivity index (χ2v) is 14.1. The van der Waals surface area contributed by atoms with E-state index >= 15 is 0 Å². The van der Waals surface area contributed by atoms with E-state index in [1.54, 1.807) is 14.7 Å². The van der Waals surface area contributed by atoms with Crippen molar-refractivity contribution in [3.8, 4) is 0 Å². The number of Topliss-reactive ketones (excluding diaryl/α,β-unsaturated/α-hetero) is 3. The number of rotatable bonds is 20. The number of aryl methyl sites for hydroxylation is 2. The van der Waals surface area contributed by atoms with Gasteiger partial charge in [-0.25, -0.2) is 0 Å². The topological polar surface area (TPSA) is 226 Å². The molecule has 311 valence electrons. The Bertz CT molecular complexity index is 1380. The van der Waals surface area contributed by atoms with Crippen LogP contribution in [0.4, 0.5) is 0 Å². The van der Waals surface area contributed by atoms with E-state index in [4.69, 9.17) is 0 Å². The molecule has 0 aromatic heterocycles. The molecule has 1 aromatic carbocycles. The van der Waals surface area contributed by atoms with Gasteiger partial charge in [-0.05, 0) is 72.3 Å². The maximum atomic E-state index is 12.8. The Morgan fingerprint density at radius 2 is 1.15 bits per heavy atom. The van der Waals surface area contributed by atoms with Crippen molar-refractivity contribution >= 4 is 41.5 Å². The molecule has 0 aliphatic carbocycles. The molecule has 1 heterocycles. The number of nitrogens with zero attached hydrogens (tertiary/aromatic N) is 4. The number of carbonyl (C=O) groups is 7. The minimum Gasteiger partial charge on any atom is -0.870 e. The van der Waals surface area contributed by atoms with Gasteiger partial charge in [0.1, 0.15) is 35.7 Å². The first-order valence-electron chi connectivity index (χ1n) is 18.2. The molecule has 0 spiro atoms. The van der Waals surface area contributed by atoms with Crippen LogP contribution in [0.5, 0.6) is 0 Å². The summed E-state index contributed by atoms with van der Waals surface area (Å²) in [6.45, 7) is 8.78. The third kappa shape index (κ3) is 19.4. The normalized spacial score (nSPS) is 18.6. The van der Waals surface area contributed by atoms with E-state index in [9.17, 15) is 48.9 Å². The summed E-state index contributed by atoms with van der Waals surface area (Å²) in [6, 6.07) is 3.28. The molecule has 3 N–H and O–H groups in total. The van der Waals surface area contributed by atoms with Gasteiger partial charge in [-0.15, -0.1) is 0 Å². The fraction of sp³-hybridized carbons (Fsp3) is 0.641. The summed E-state index contributed by atoms with van der Waals surface area (Å²) in [5.41, 5.74) is 2.01. The maximum Gasteiger partial charge on any atom is 3.00 e. The van der Waals surface area contributed by atoms with Crippen molar-refractivity contribution < 1.29 is 94.3 Å². The summed E-state index contributed by atoms with van der Waals surface area (Å²) in [7, 11) is 0. The van der Waals surface area contributed by atoms with Crippen molar-refractivity contribution in [2.24, 2.45) is 0 Å². The van der Waals surface area contributed by atoms with Gasteiger partial charge in [-0.3, -0.25) is 29.2 Å². The number of aldehydes is 1. The van der Waals surface area contributed by atoms with Gasteiger partial charge >= 0.3 is 51.9 Å². The molecule has 0 saturated carbocycles. The van der Waals surface area contributed by atoms with E-state index < -0.39 is 48.1 Å². The molecule has 1 radical (unpaired) electrons. The molecule has 0 amide bonds. The molecule has 1 aliphatic heterocycles. The molecule has 1 aliphatic rings. The van der Waals surface area contributed by atoms with Crippen molar-refractivity contribution in [2.75, 3.05) is 45.8 Å². The Kier molecular flexibility index (Phi) is 27.7. The van der Waals surface area contributed by atoms with E-state index in [-0.39, 0.29) is 161 Å². The van der Waals surface area contributed by atoms with Gasteiger partial charge in [0.2, 0.25) is 0 Å². The molecule has 15 nitrogen and oxygen atoms in total. The van der Waals surface area contributed by atoms with Crippen molar-refractivity contribution in [1.82, 2.24) is 19.6 Å². The van der Waals surface area contributed by atoms with Crippen molar-refractivity contribution in [3.63, 3.8) is 0 Å². The Balaban J connectivity index is 0. The van der Waals surface area contributed by atoms with Crippen molar-refractivity contribution in [2.45, 2.75) is 116 Å². The molecule has 1 fully saturated rings. The number of carboxylic acids is 3. The van der Waals surface area contributed by atoms with E-state index in [0.717, 1.165) is 17.4 Å². The summed E-state index contributed by atoms with van der Waals surface area (Å²) < 4.78 is 0. The van der Waals surface area contributed by atoms with Crippen LogP contribution in [0.1, 0.15) is 83.8 Å². The largest absolute Gasteiger partial charge is 3.00 e. The Morgan fingerprint density at radius 1 is 0.727 bits per heavy atom. The SMILES string of the molecule is CC(=O)CCC(C=O)N1CCN(C(CCC(C)=O)C(=O)O)CCN(C(CCC(C)=O)C(=O)O)CCN(C(CCc2ccc(C)cc2)C(=O)[O-])[C@H](C)C1.[CH3-].[Gd+3].[OH-]. The number of hydrogen-bond donors (Lipinski definition) is 2. The average molecular weight is 919 g/mol. The zero-order chi connectivity index (χ0) is 39.0. The predicted molar refractivity (Wildman–Crippen MR) is 200 cm³/mol. The number of aliphatic carboxylic acids is 3. The second kappa shape index (κ2) is 27.9. The van der Waals surface area contributed by atoms with E-state index in [1.807, 2.05) is 43.0 Å². The smallest absolute Gasteiger partial charge is 0.870 e. The van der Waals surface area contributed by atoms with Crippen LogP contribution < -0.4 is 5.11 Å². The third-order valence-corrected chi connectivity index (χ3v) is 9.97. The first-order valence-corrected chi connectivity index (χ1v) is 18.2. The van der Waals surface area contributed by atoms with Gasteiger partial charge in [-0.2, -0.15) is 0 Å². The fourth-order valence-corrected chi connectivity index (χ4v) is 6.89. The summed E-state index contributed by atoms with van der Waals surface area (Å²) in [6.07, 6.45) is 1.82. The van der Waals surface area contributed by atoms with Crippen LogP contribution in [0.2, 0.25) is 0 Å². The molecule has 16 heteroatoms. The van der Waals surface area contributed by atoms with Crippen LogP contribution in [0.3, 0.4) is 0 Å². The molecule has 1 saturated heterocycles. The molecular weight excluding hydrogens is 858 g/mol. The molecule has 5 atom stereocenters. The van der Waals surface area contributed by atoms with Crippen LogP contribution >= 0.6 is 0 Å². The molecular formula is C39H61GdN4O11. The third-order valence-electron chi connectivity index (χ3n) is 9.97. The summed E-state index contributed by atoms with van der Waals surface area (Å²) in [5.74, 6) is -4.06. The van der Waals surface area contributed by atoms with E-state index in [0.29, 0.717) is 6.42 Å². The standard InChI is InChI=1S/C38H58N4O10.CH3.Gd.H2O/c1-26-6-11-31(12-7-26)13-17-35(38(51)52)42-23-22-40(34(37(49)50)16-10-30(5)46)19-18-39(33(36(47)48)15-9-29(4)45)20-21-41(24-27(42)2)32(25-43)14-8-28(3)44;;;/h6-7,11-12,25,27,32-35H,8-10,13-24H2,1-5H3,(H,47,48)(H,49,50)(H,51,52);1H3;;1H2/q;-1;+3;/p-2/t27-,32?,33?,34?,35?;;;/m1.../s1. The summed E-state index contributed by atoms with van der Waals surface area (Å²) >= 11 is 0. The van der Waals surface area contributed by atoms with Crippen LogP contribution in [-0.2, 0) is 40.0 Å². The van der Waals surface area contributed by atoms with Crippen LogP contribution in [0.15, 0.2) is 24.3 Å². The minimum absolute atomic E-state index is 0. The molecule has 55 heavy (non-hydrogen) atoms. The van der Waals surface area contributed by atoms with Gasteiger partial charge in [0.15, 0.2) is 0 Å². The number of ketones is 3. The quantitative estimate of drug-likeness (QED) is 0.140. The van der Waals surface area contributed by atoms with Gasteiger partial charge < -0.3 is 52.2 Å². The monoisotopic (exact) mass is 919 g/mol. The first kappa shape index (κ1) is 54.5. The van der Waals surface area contributed by atoms with Gasteiger partial charge in [0.05, 0.1) is 18.1 Å². The number of carbonyl (C=O) groups excluding carboxylic acids is 5. The molecule has 2 rings (SSSR count). The van der Waals surface area contributed by atoms with Crippen LogP contribution in [-0.4, -0.2) is 153 Å². The average Bonchev–Trinajstić information content (AvgIpc) is 3.05. The van der Waals surface area contributed by atoms with Gasteiger partial charge in [0, 0.05) is 71.1 Å². The number of hydrogen-bond acceptors (Lipinski definition) is 13. The predicted octanol–water partition coefficient (Wildman–Crippen LogP) is 1.51. The van der Waals surface area contributed by atoms with Crippen LogP contribution in [0, 0.1) is 54.3 Å². The Morgan fingerprint density at radius 3 is 1.55 bits per heavy atom. The Labute approximate surface area is 358 Å². The number of benzene rings is 1. The van der Waals surface area contributed by atoms with Crippen molar-refractivity contribution in [3.05, 3.63) is 42.8 Å². The fourth-order valence-electron chi connectivity index (χ4n) is 6.89. The van der Waals surface area contributed by atoms with E-state index in [1.165, 1.54) is 20.8 Å². The van der Waals surface area contributed by atoms with Crippen LogP contribution in [0.25, 0.3) is 0 Å². The zero-order valence-electron chi connectivity index (χ0n) is 33.1. The minimum atomic E-state index is -1.29. The summed E-state index contributed by atoms with van der Waals surface area (Å²) in [5, 5.41) is 33.4. The molecule has 1 aromatic rings. The second-order valence-electron chi connectivity index (χ2n) is 14.1. The Hall–Kier alpha value is -2.57. The summed E-state index contributed by atoms with van der Waals surface area (Å²) in [4.78, 5) is 93.2.